The van der Waals surface area contributed by atoms with E-state index in [1.54, 1.807) is 7.05 Å². The molecule has 1 fully saturated rings. The van der Waals surface area contributed by atoms with E-state index < -0.39 is 16.7 Å². The van der Waals surface area contributed by atoms with E-state index in [-0.39, 0.29) is 18.1 Å². The van der Waals surface area contributed by atoms with Gasteiger partial charge in [0.15, 0.2) is 5.17 Å². The lowest BCUT2D eigenvalue weighted by Gasteiger charge is -2.28. The van der Waals surface area contributed by atoms with E-state index in [2.05, 4.69) is 37.6 Å². The molecule has 2 aromatic rings. The van der Waals surface area contributed by atoms with E-state index in [4.69, 9.17) is 11.6 Å². The number of amidine groups is 1. The number of rotatable bonds is 5. The minimum Gasteiger partial charge on any atom is -0.420 e. The van der Waals surface area contributed by atoms with Crippen molar-refractivity contribution in [2.24, 2.45) is 4.99 Å². The Hall–Kier alpha value is -1.92. The van der Waals surface area contributed by atoms with Crippen molar-refractivity contribution >= 4 is 74.3 Å². The number of halogens is 4. The minimum atomic E-state index is -3.82. The first-order chi connectivity index (χ1) is 14.1. The number of nitrogens with zero attached hydrogens (tertiary/aromatic N) is 2. The summed E-state index contributed by atoms with van der Waals surface area (Å²) in [4.78, 5) is 30.9. The third kappa shape index (κ3) is 6.29. The Kier molecular flexibility index (Phi) is 7.19. The van der Waals surface area contributed by atoms with Gasteiger partial charge in [0.2, 0.25) is 11.8 Å². The lowest BCUT2D eigenvalue weighted by molar-refractivity contribution is -0.128. The number of carbonyl (C=O) groups excluding carboxylic acids is 2. The fourth-order valence-corrected chi connectivity index (χ4v) is 4.00. The molecule has 0 saturated carbocycles. The Balaban J connectivity index is 1.69. The van der Waals surface area contributed by atoms with Gasteiger partial charge >= 0.3 is 5.57 Å². The number of anilines is 1. The first-order valence-electron chi connectivity index (χ1n) is 8.55. The molecule has 1 heterocycles. The van der Waals surface area contributed by atoms with Gasteiger partial charge in [-0.3, -0.25) is 14.5 Å². The molecule has 1 N–H and O–H groups in total. The summed E-state index contributed by atoms with van der Waals surface area (Å²) < 4.78 is 30.6. The van der Waals surface area contributed by atoms with Gasteiger partial charge in [0.25, 0.3) is 0 Å². The summed E-state index contributed by atoms with van der Waals surface area (Å²) >= 11 is 8.09. The average molecular weight is 566 g/mol. The highest BCUT2D eigenvalue weighted by Crippen LogP contribution is 2.30. The quantitative estimate of drug-likeness (QED) is 0.407. The molecule has 0 aliphatic carbocycles. The third-order valence-electron chi connectivity index (χ3n) is 3.97. The largest absolute Gasteiger partial charge is 0.487 e. The maximum Gasteiger partial charge on any atom is 0.487 e. The molecule has 1 aliphatic rings. The lowest BCUT2D eigenvalue weighted by atomic mass is 10.2. The van der Waals surface area contributed by atoms with Crippen molar-refractivity contribution in [2.75, 3.05) is 12.4 Å². The average Bonchev–Trinajstić information content (AvgIpc) is 2.67. The van der Waals surface area contributed by atoms with Crippen LogP contribution in [0.1, 0.15) is 6.42 Å². The minimum absolute atomic E-state index is 0.0123. The number of alkyl halides is 3. The zero-order chi connectivity index (χ0) is 21.9. The van der Waals surface area contributed by atoms with Gasteiger partial charge in [-0.1, -0.05) is 11.8 Å². The fourth-order valence-electron chi connectivity index (χ4n) is 2.49. The molecule has 0 aromatic heterocycles. The van der Waals surface area contributed by atoms with E-state index in [0.29, 0.717) is 16.5 Å². The number of ether oxygens (including phenoxy) is 1. The molecule has 30 heavy (non-hydrogen) atoms. The van der Waals surface area contributed by atoms with Crippen LogP contribution < -0.4 is 10.1 Å². The molecular weight excluding hydrogens is 551 g/mol. The van der Waals surface area contributed by atoms with Gasteiger partial charge < -0.3 is 10.1 Å². The molecule has 1 aliphatic heterocycles. The summed E-state index contributed by atoms with van der Waals surface area (Å²) in [7, 11) is 1.61. The highest BCUT2D eigenvalue weighted by molar-refractivity contribution is 14.1. The molecular formula is C19H15ClF2IN3O3S. The summed E-state index contributed by atoms with van der Waals surface area (Å²) in [5, 5.41) is 2.40. The van der Waals surface area contributed by atoms with Crippen LogP contribution in [-0.4, -0.2) is 39.7 Å². The molecule has 0 unspecified atom stereocenters. The number of hydrogen-bond acceptors (Lipinski definition) is 5. The van der Waals surface area contributed by atoms with Gasteiger partial charge in [-0.15, -0.1) is 8.78 Å². The standard InChI is InChI=1S/C19H15ClF2IN3O3S/c1-26-16(27)10-15(30-18(26)25-13-4-2-11(23)3-5-13)17(28)24-12-6-8-14(9-7-12)29-19(20,21)22/h2-9,15H,10H2,1H3,(H,24,28)/t15-/m0/s1. The molecule has 1 atom stereocenters. The number of aliphatic imine (C=N–C) groups is 1. The molecule has 1 saturated heterocycles. The molecule has 2 amide bonds. The molecule has 158 valence electrons. The van der Waals surface area contributed by atoms with Crippen molar-refractivity contribution in [3.05, 3.63) is 52.1 Å². The fraction of sp³-hybridized carbons (Fsp3) is 0.211. The summed E-state index contributed by atoms with van der Waals surface area (Å²) in [5.74, 6) is -0.775. The number of benzene rings is 2. The van der Waals surface area contributed by atoms with Crippen molar-refractivity contribution in [1.29, 1.82) is 0 Å². The van der Waals surface area contributed by atoms with Crippen LogP contribution in [0.5, 0.6) is 5.75 Å². The van der Waals surface area contributed by atoms with Crippen LogP contribution in [0.15, 0.2) is 53.5 Å². The maximum absolute atomic E-state index is 12.7. The Labute approximate surface area is 194 Å². The number of nitrogens with one attached hydrogen (secondary N) is 1. The Morgan fingerprint density at radius 1 is 1.27 bits per heavy atom. The molecule has 11 heteroatoms. The second-order valence-corrected chi connectivity index (χ2v) is 9.05. The molecule has 3 rings (SSSR count). The van der Waals surface area contributed by atoms with Crippen LogP contribution in [0.3, 0.4) is 0 Å². The number of carbonyl (C=O) groups is 2. The second-order valence-electron chi connectivity index (χ2n) is 6.20. The van der Waals surface area contributed by atoms with E-state index in [1.807, 2.05) is 24.3 Å². The Morgan fingerprint density at radius 2 is 1.90 bits per heavy atom. The third-order valence-corrected chi connectivity index (χ3v) is 6.01. The summed E-state index contributed by atoms with van der Waals surface area (Å²) in [6.45, 7) is 0. The topological polar surface area (TPSA) is 71.0 Å². The number of amides is 2. The van der Waals surface area contributed by atoms with Crippen LogP contribution in [0, 0.1) is 3.57 Å². The van der Waals surface area contributed by atoms with Crippen molar-refractivity contribution in [2.45, 2.75) is 17.2 Å². The Morgan fingerprint density at radius 3 is 2.50 bits per heavy atom. The van der Waals surface area contributed by atoms with Crippen molar-refractivity contribution in [3.63, 3.8) is 0 Å². The number of hydrogen-bond donors (Lipinski definition) is 1. The summed E-state index contributed by atoms with van der Waals surface area (Å²) in [6.07, 6.45) is 0.0123. The maximum atomic E-state index is 12.7. The van der Waals surface area contributed by atoms with E-state index >= 15 is 0 Å². The highest BCUT2D eigenvalue weighted by Gasteiger charge is 2.34. The molecule has 6 nitrogen and oxygen atoms in total. The van der Waals surface area contributed by atoms with E-state index in [9.17, 15) is 18.4 Å². The van der Waals surface area contributed by atoms with Gasteiger partial charge in [0.05, 0.1) is 5.69 Å². The molecule has 0 radical (unpaired) electrons. The van der Waals surface area contributed by atoms with Gasteiger partial charge in [-0.25, -0.2) is 4.99 Å². The van der Waals surface area contributed by atoms with Crippen LogP contribution in [0.2, 0.25) is 0 Å². The van der Waals surface area contributed by atoms with E-state index in [1.165, 1.54) is 40.9 Å². The first-order valence-corrected chi connectivity index (χ1v) is 10.9. The van der Waals surface area contributed by atoms with Crippen molar-refractivity contribution in [1.82, 2.24) is 4.90 Å². The van der Waals surface area contributed by atoms with Crippen molar-refractivity contribution < 1.29 is 23.1 Å². The van der Waals surface area contributed by atoms with Crippen LogP contribution in [0.25, 0.3) is 0 Å². The lowest BCUT2D eigenvalue weighted by Crippen LogP contribution is -2.43. The predicted molar refractivity (Wildman–Crippen MR) is 122 cm³/mol. The van der Waals surface area contributed by atoms with Gasteiger partial charge in [-0.05, 0) is 71.1 Å². The second kappa shape index (κ2) is 9.48. The SMILES string of the molecule is CN1C(=O)C[C@@H](C(=O)Nc2ccc(OC(F)(F)Cl)cc2)SC1=Nc1ccc(I)cc1. The van der Waals surface area contributed by atoms with Crippen LogP contribution in [-0.2, 0) is 9.59 Å². The van der Waals surface area contributed by atoms with Crippen LogP contribution >= 0.6 is 46.0 Å². The Bertz CT molecular complexity index is 968. The molecule has 0 spiro atoms. The number of thioether (sulfide) groups is 1. The summed E-state index contributed by atoms with van der Waals surface area (Å²) in [5.41, 5.74) is -2.78. The summed E-state index contributed by atoms with van der Waals surface area (Å²) in [6, 6.07) is 12.7. The molecule has 0 bridgehead atoms. The van der Waals surface area contributed by atoms with Gasteiger partial charge in [-0.2, -0.15) is 0 Å². The zero-order valence-corrected chi connectivity index (χ0v) is 19.2. The van der Waals surface area contributed by atoms with Gasteiger partial charge in [0.1, 0.15) is 11.0 Å². The van der Waals surface area contributed by atoms with Crippen molar-refractivity contribution in [3.8, 4) is 5.75 Å². The highest BCUT2D eigenvalue weighted by atomic mass is 127. The smallest absolute Gasteiger partial charge is 0.420 e. The van der Waals surface area contributed by atoms with Gasteiger partial charge in [0, 0.05) is 34.3 Å². The predicted octanol–water partition coefficient (Wildman–Crippen LogP) is 5.05. The first kappa shape index (κ1) is 22.8. The molecule has 2 aromatic carbocycles. The van der Waals surface area contributed by atoms with E-state index in [0.717, 1.165) is 3.57 Å². The zero-order valence-electron chi connectivity index (χ0n) is 15.4. The van der Waals surface area contributed by atoms with Crippen LogP contribution in [0.4, 0.5) is 20.2 Å². The normalized spacial score (nSPS) is 18.4. The monoisotopic (exact) mass is 565 g/mol.